The van der Waals surface area contributed by atoms with Crippen LogP contribution in [-0.4, -0.2) is 43.6 Å². The van der Waals surface area contributed by atoms with E-state index >= 15 is 0 Å². The molecule has 0 aliphatic rings. The Morgan fingerprint density at radius 3 is 2.38 bits per heavy atom. The number of rotatable bonds is 5. The van der Waals surface area contributed by atoms with Gasteiger partial charge in [-0.1, -0.05) is 18.2 Å². The number of urea groups is 1. The van der Waals surface area contributed by atoms with Crippen LogP contribution in [0.4, 0.5) is 10.7 Å². The molecular weight excluding hydrogens is 382 g/mol. The van der Waals surface area contributed by atoms with Gasteiger partial charge in [-0.25, -0.2) is 17.9 Å². The summed E-state index contributed by atoms with van der Waals surface area (Å²) in [6.07, 6.45) is 0. The number of hydrogen-bond donors (Lipinski definition) is 2. The van der Waals surface area contributed by atoms with Crippen molar-refractivity contribution in [1.82, 2.24) is 19.7 Å². The van der Waals surface area contributed by atoms with Crippen LogP contribution in [0.5, 0.6) is 12.0 Å². The fraction of sp³-hybridized carbons (Fsp3) is 0.143. The largest absolute Gasteiger partial charge is 0.467 e. The normalized spacial score (nSPS) is 11.2. The maximum atomic E-state index is 12.5. The van der Waals surface area contributed by atoms with Gasteiger partial charge in [0, 0.05) is 15.5 Å². The van der Waals surface area contributed by atoms with Crippen LogP contribution in [0, 0.1) is 0 Å². The van der Waals surface area contributed by atoms with Gasteiger partial charge < -0.3 is 9.47 Å². The maximum absolute atomic E-state index is 12.5. The number of nitrogens with one attached hydrogen (secondary N) is 2. The number of nitrogens with zero attached hydrogens (tertiary/aromatic N) is 3. The van der Waals surface area contributed by atoms with Crippen molar-refractivity contribution >= 4 is 43.4 Å². The second-order valence-corrected chi connectivity index (χ2v) is 7.35. The molecule has 2 heterocycles. The number of ether oxygens (including phenoxy) is 2. The van der Waals surface area contributed by atoms with E-state index in [9.17, 15) is 13.2 Å². The molecule has 0 bridgehead atoms. The number of carbonyl (C=O) groups is 1. The second kappa shape index (κ2) is 7.09. The van der Waals surface area contributed by atoms with E-state index in [1.807, 2.05) is 4.72 Å². The molecule has 10 nitrogen and oxygen atoms in total. The highest BCUT2D eigenvalue weighted by Gasteiger charge is 2.22. The summed E-state index contributed by atoms with van der Waals surface area (Å²) in [5.41, 5.74) is 0. The van der Waals surface area contributed by atoms with Crippen molar-refractivity contribution in [3.8, 4) is 12.0 Å². The molecule has 0 atom stereocenters. The van der Waals surface area contributed by atoms with Crippen LogP contribution in [0.25, 0.3) is 10.1 Å². The molecule has 0 fully saturated rings. The first-order chi connectivity index (χ1) is 12.4. The summed E-state index contributed by atoms with van der Waals surface area (Å²) in [4.78, 5) is 23.5. The van der Waals surface area contributed by atoms with E-state index in [4.69, 9.17) is 9.47 Å². The Hall–Kier alpha value is -2.99. The van der Waals surface area contributed by atoms with Crippen LogP contribution in [0.2, 0.25) is 0 Å². The van der Waals surface area contributed by atoms with Gasteiger partial charge in [-0.15, -0.1) is 16.3 Å². The highest BCUT2D eigenvalue weighted by Crippen LogP contribution is 2.29. The first kappa shape index (κ1) is 17.8. The lowest BCUT2D eigenvalue weighted by molar-refractivity contribution is 0.256. The lowest BCUT2D eigenvalue weighted by Gasteiger charge is -2.08. The Bertz CT molecular complexity index is 1040. The number of benzene rings is 1. The Balaban J connectivity index is 1.81. The molecule has 2 aromatic heterocycles. The lowest BCUT2D eigenvalue weighted by Crippen LogP contribution is -2.34. The van der Waals surface area contributed by atoms with Crippen molar-refractivity contribution in [2.75, 3.05) is 19.5 Å². The van der Waals surface area contributed by atoms with E-state index in [1.165, 1.54) is 30.9 Å². The SMILES string of the molecule is COc1nc(NC(=O)NS(=O)(=O)c2csc3ccccc23)nc(OC)n1. The molecule has 3 rings (SSSR count). The molecule has 26 heavy (non-hydrogen) atoms. The van der Waals surface area contributed by atoms with Crippen molar-refractivity contribution < 1.29 is 22.7 Å². The fourth-order valence-corrected chi connectivity index (χ4v) is 4.45. The summed E-state index contributed by atoms with van der Waals surface area (Å²) >= 11 is 1.26. The number of sulfonamides is 1. The second-order valence-electron chi connectivity index (χ2n) is 4.79. The van der Waals surface area contributed by atoms with E-state index in [0.717, 1.165) is 4.70 Å². The predicted octanol–water partition coefficient (Wildman–Crippen LogP) is 1.61. The average Bonchev–Trinajstić information content (AvgIpc) is 3.05. The van der Waals surface area contributed by atoms with Gasteiger partial charge in [0.1, 0.15) is 4.90 Å². The topological polar surface area (TPSA) is 132 Å². The number of amides is 2. The lowest BCUT2D eigenvalue weighted by atomic mass is 10.3. The minimum atomic E-state index is -4.08. The Kier molecular flexibility index (Phi) is 4.86. The number of anilines is 1. The number of thiophene rings is 1. The molecule has 0 spiro atoms. The zero-order valence-electron chi connectivity index (χ0n) is 13.6. The van der Waals surface area contributed by atoms with Crippen LogP contribution >= 0.6 is 11.3 Å². The smallest absolute Gasteiger partial charge is 0.335 e. The molecule has 0 unspecified atom stereocenters. The summed E-state index contributed by atoms with van der Waals surface area (Å²) in [5, 5.41) is 4.21. The molecular formula is C14H13N5O5S2. The van der Waals surface area contributed by atoms with Gasteiger partial charge >= 0.3 is 18.1 Å². The predicted molar refractivity (Wildman–Crippen MR) is 94.1 cm³/mol. The molecule has 12 heteroatoms. The summed E-state index contributed by atoms with van der Waals surface area (Å²) < 4.78 is 37.4. The summed E-state index contributed by atoms with van der Waals surface area (Å²) in [5.74, 6) is -0.225. The number of carbonyl (C=O) groups excluding carboxylic acids is 1. The van der Waals surface area contributed by atoms with Crippen molar-refractivity contribution in [3.05, 3.63) is 29.6 Å². The van der Waals surface area contributed by atoms with E-state index in [-0.39, 0.29) is 22.9 Å². The standard InChI is InChI=1S/C14H13N5O5S2/c1-23-13-16-11(17-14(18-13)24-2)15-12(20)19-26(21,22)10-7-25-9-6-4-3-5-8(9)10/h3-7H,1-2H3,(H2,15,16,17,18,19,20). The molecule has 3 aromatic rings. The van der Waals surface area contributed by atoms with Gasteiger partial charge in [0.05, 0.1) is 14.2 Å². The third-order valence-electron chi connectivity index (χ3n) is 3.15. The van der Waals surface area contributed by atoms with Gasteiger partial charge in [-0.05, 0) is 6.07 Å². The van der Waals surface area contributed by atoms with Gasteiger partial charge in [0.15, 0.2) is 0 Å². The van der Waals surface area contributed by atoms with Gasteiger partial charge in [-0.2, -0.15) is 9.97 Å². The monoisotopic (exact) mass is 395 g/mol. The average molecular weight is 395 g/mol. The third-order valence-corrected chi connectivity index (χ3v) is 5.63. The minimum absolute atomic E-state index is 0.0130. The van der Waals surface area contributed by atoms with Gasteiger partial charge in [-0.3, -0.25) is 5.32 Å². The van der Waals surface area contributed by atoms with Crippen LogP contribution < -0.4 is 19.5 Å². The molecule has 0 saturated carbocycles. The van der Waals surface area contributed by atoms with Crippen LogP contribution in [0.15, 0.2) is 34.5 Å². The molecule has 0 saturated heterocycles. The molecule has 2 amide bonds. The van der Waals surface area contributed by atoms with E-state index in [1.54, 1.807) is 24.3 Å². The number of methoxy groups -OCH3 is 2. The third kappa shape index (κ3) is 3.65. The van der Waals surface area contributed by atoms with Crippen LogP contribution in [0.1, 0.15) is 0 Å². The van der Waals surface area contributed by atoms with Gasteiger partial charge in [0.2, 0.25) is 5.95 Å². The van der Waals surface area contributed by atoms with E-state index in [0.29, 0.717) is 5.39 Å². The number of fused-ring (bicyclic) bond motifs is 1. The first-order valence-electron chi connectivity index (χ1n) is 7.07. The molecule has 0 aliphatic heterocycles. The van der Waals surface area contributed by atoms with Gasteiger partial charge in [0.25, 0.3) is 10.0 Å². The van der Waals surface area contributed by atoms with E-state index in [2.05, 4.69) is 20.3 Å². The highest BCUT2D eigenvalue weighted by molar-refractivity contribution is 7.90. The Morgan fingerprint density at radius 1 is 1.08 bits per heavy atom. The minimum Gasteiger partial charge on any atom is -0.467 e. The summed E-state index contributed by atoms with van der Waals surface area (Å²) in [7, 11) is -1.43. The number of aromatic nitrogens is 3. The Labute approximate surface area is 152 Å². The highest BCUT2D eigenvalue weighted by atomic mass is 32.2. The zero-order valence-corrected chi connectivity index (χ0v) is 15.2. The van der Waals surface area contributed by atoms with Crippen LogP contribution in [0.3, 0.4) is 0 Å². The van der Waals surface area contributed by atoms with Crippen molar-refractivity contribution in [1.29, 1.82) is 0 Å². The summed E-state index contributed by atoms with van der Waals surface area (Å²) in [6, 6.07) is 5.75. The molecule has 0 aliphatic carbocycles. The molecule has 0 radical (unpaired) electrons. The van der Waals surface area contributed by atoms with Crippen molar-refractivity contribution in [3.63, 3.8) is 0 Å². The fourth-order valence-electron chi connectivity index (χ4n) is 2.04. The van der Waals surface area contributed by atoms with Crippen molar-refractivity contribution in [2.45, 2.75) is 4.90 Å². The number of hydrogen-bond acceptors (Lipinski definition) is 9. The molecule has 1 aromatic carbocycles. The summed E-state index contributed by atoms with van der Waals surface area (Å²) in [6.45, 7) is 0. The van der Waals surface area contributed by atoms with E-state index < -0.39 is 16.1 Å². The maximum Gasteiger partial charge on any atom is 0.335 e. The van der Waals surface area contributed by atoms with Crippen LogP contribution in [-0.2, 0) is 10.0 Å². The quantitative estimate of drug-likeness (QED) is 0.666. The van der Waals surface area contributed by atoms with Crippen molar-refractivity contribution in [2.24, 2.45) is 0 Å². The molecule has 136 valence electrons. The Morgan fingerprint density at radius 2 is 1.73 bits per heavy atom. The zero-order chi connectivity index (χ0) is 18.7. The molecule has 2 N–H and O–H groups in total. The first-order valence-corrected chi connectivity index (χ1v) is 9.43.